The highest BCUT2D eigenvalue weighted by molar-refractivity contribution is 5.82. The van der Waals surface area contributed by atoms with Crippen LogP contribution in [0.25, 0.3) is 11.2 Å². The number of fused-ring (bicyclic) bond motifs is 1. The molecule has 2 unspecified atom stereocenters. The number of carbonyl (C=O) groups excluding carboxylic acids is 1. The lowest BCUT2D eigenvalue weighted by atomic mass is 10.1. The largest absolute Gasteiger partial charge is 0.348 e. The van der Waals surface area contributed by atoms with E-state index >= 15 is 0 Å². The minimum atomic E-state index is -0.733. The zero-order valence-electron chi connectivity index (χ0n) is 15.4. The number of hydrogen-bond acceptors (Lipinski definition) is 4. The number of aryl methyl sites for hydroxylation is 1. The van der Waals surface area contributed by atoms with Gasteiger partial charge in [-0.2, -0.15) is 0 Å². The van der Waals surface area contributed by atoms with E-state index in [0.29, 0.717) is 0 Å². The van der Waals surface area contributed by atoms with E-state index in [1.54, 1.807) is 26.0 Å². The molecule has 1 aromatic carbocycles. The molecule has 0 saturated carbocycles. The first-order valence-electron chi connectivity index (χ1n) is 8.40. The summed E-state index contributed by atoms with van der Waals surface area (Å²) in [7, 11) is 2.89. The van der Waals surface area contributed by atoms with Gasteiger partial charge in [-0.1, -0.05) is 12.1 Å². The Labute approximate surface area is 153 Å². The first-order chi connectivity index (χ1) is 12.7. The molecule has 9 heteroatoms. The van der Waals surface area contributed by atoms with Gasteiger partial charge in [-0.25, -0.2) is 14.2 Å². The second-order valence-corrected chi connectivity index (χ2v) is 6.49. The van der Waals surface area contributed by atoms with Crippen molar-refractivity contribution in [1.29, 1.82) is 0 Å². The number of benzene rings is 1. The summed E-state index contributed by atoms with van der Waals surface area (Å²) in [6.07, 6.45) is 1.37. The second-order valence-electron chi connectivity index (χ2n) is 6.49. The molecule has 1 N–H and O–H groups in total. The molecule has 0 bridgehead atoms. The molecule has 0 radical (unpaired) electrons. The van der Waals surface area contributed by atoms with Crippen LogP contribution in [0.2, 0.25) is 0 Å². The SMILES string of the molecule is CC(NC(=O)C(C)n1cnc2c1c(=O)n(C)c(=O)n2C)c1ccc(F)cc1. The van der Waals surface area contributed by atoms with Crippen LogP contribution in [-0.4, -0.2) is 24.6 Å². The number of nitrogens with one attached hydrogen (secondary N) is 1. The number of rotatable bonds is 4. The summed E-state index contributed by atoms with van der Waals surface area (Å²) in [5.74, 6) is -0.681. The molecule has 0 aliphatic rings. The molecule has 2 atom stereocenters. The van der Waals surface area contributed by atoms with Crippen molar-refractivity contribution in [3.05, 3.63) is 62.8 Å². The van der Waals surface area contributed by atoms with Crippen LogP contribution in [0.3, 0.4) is 0 Å². The van der Waals surface area contributed by atoms with Crippen molar-refractivity contribution >= 4 is 17.1 Å². The third kappa shape index (κ3) is 3.16. The fraction of sp³-hybridized carbons (Fsp3) is 0.333. The molecule has 3 rings (SSSR count). The first-order valence-corrected chi connectivity index (χ1v) is 8.40. The molecule has 2 aromatic heterocycles. The smallest absolute Gasteiger partial charge is 0.332 e. The standard InChI is InChI=1S/C18H20FN5O3/c1-10(12-5-7-13(19)8-6-12)21-16(25)11(2)24-9-20-15-14(24)17(26)23(4)18(27)22(15)3/h5-11H,1-4H3,(H,21,25). The summed E-state index contributed by atoms with van der Waals surface area (Å²) in [6.45, 7) is 3.42. The Bertz CT molecular complexity index is 1130. The highest BCUT2D eigenvalue weighted by Crippen LogP contribution is 2.17. The number of nitrogens with zero attached hydrogens (tertiary/aromatic N) is 4. The van der Waals surface area contributed by atoms with Crippen molar-refractivity contribution in [1.82, 2.24) is 24.0 Å². The quantitative estimate of drug-likeness (QED) is 0.739. The number of aromatic nitrogens is 4. The van der Waals surface area contributed by atoms with Crippen LogP contribution in [0.15, 0.2) is 40.2 Å². The summed E-state index contributed by atoms with van der Waals surface area (Å²) in [6, 6.07) is 4.78. The van der Waals surface area contributed by atoms with Crippen LogP contribution in [0.5, 0.6) is 0 Å². The van der Waals surface area contributed by atoms with E-state index in [-0.39, 0.29) is 28.9 Å². The van der Waals surface area contributed by atoms with Crippen molar-refractivity contribution in [2.75, 3.05) is 0 Å². The molecule has 0 aliphatic heterocycles. The maximum Gasteiger partial charge on any atom is 0.332 e. The number of amides is 1. The van der Waals surface area contributed by atoms with E-state index in [0.717, 1.165) is 10.1 Å². The van der Waals surface area contributed by atoms with Gasteiger partial charge in [0.15, 0.2) is 11.2 Å². The van der Waals surface area contributed by atoms with Crippen LogP contribution in [0.1, 0.15) is 31.5 Å². The molecule has 0 fully saturated rings. The Morgan fingerprint density at radius 2 is 1.74 bits per heavy atom. The third-order valence-electron chi connectivity index (χ3n) is 4.70. The van der Waals surface area contributed by atoms with Crippen LogP contribution < -0.4 is 16.6 Å². The van der Waals surface area contributed by atoms with Gasteiger partial charge in [0.25, 0.3) is 5.56 Å². The van der Waals surface area contributed by atoms with E-state index < -0.39 is 17.3 Å². The lowest BCUT2D eigenvalue weighted by Crippen LogP contribution is -2.39. The van der Waals surface area contributed by atoms with Gasteiger partial charge in [0.05, 0.1) is 12.4 Å². The first kappa shape index (κ1) is 18.6. The zero-order chi connectivity index (χ0) is 19.9. The number of carbonyl (C=O) groups is 1. The normalized spacial score (nSPS) is 13.5. The van der Waals surface area contributed by atoms with Gasteiger partial charge in [0, 0.05) is 14.1 Å². The Morgan fingerprint density at radius 1 is 1.11 bits per heavy atom. The van der Waals surface area contributed by atoms with Gasteiger partial charge in [-0.3, -0.25) is 18.7 Å². The second kappa shape index (κ2) is 6.82. The number of halogens is 1. The van der Waals surface area contributed by atoms with E-state index in [9.17, 15) is 18.8 Å². The lowest BCUT2D eigenvalue weighted by Gasteiger charge is -2.19. The van der Waals surface area contributed by atoms with E-state index in [4.69, 9.17) is 0 Å². The Balaban J connectivity index is 1.93. The number of imidazole rings is 1. The van der Waals surface area contributed by atoms with Crippen molar-refractivity contribution in [3.63, 3.8) is 0 Å². The number of hydrogen-bond donors (Lipinski definition) is 1. The summed E-state index contributed by atoms with van der Waals surface area (Å²) in [4.78, 5) is 41.3. The average molecular weight is 373 g/mol. The average Bonchev–Trinajstić information content (AvgIpc) is 3.09. The van der Waals surface area contributed by atoms with Gasteiger partial charge >= 0.3 is 5.69 Å². The Morgan fingerprint density at radius 3 is 2.37 bits per heavy atom. The van der Waals surface area contributed by atoms with Crippen LogP contribution in [0, 0.1) is 5.82 Å². The maximum absolute atomic E-state index is 13.1. The van der Waals surface area contributed by atoms with Gasteiger partial charge in [0.2, 0.25) is 5.91 Å². The summed E-state index contributed by atoms with van der Waals surface area (Å²) in [5, 5.41) is 2.84. The highest BCUT2D eigenvalue weighted by atomic mass is 19.1. The predicted octanol–water partition coefficient (Wildman–Crippen LogP) is 1.01. The third-order valence-corrected chi connectivity index (χ3v) is 4.70. The Kier molecular flexibility index (Phi) is 4.69. The molecule has 27 heavy (non-hydrogen) atoms. The van der Waals surface area contributed by atoms with Crippen molar-refractivity contribution < 1.29 is 9.18 Å². The van der Waals surface area contributed by atoms with Gasteiger partial charge < -0.3 is 9.88 Å². The summed E-state index contributed by atoms with van der Waals surface area (Å²) >= 11 is 0. The zero-order valence-corrected chi connectivity index (χ0v) is 15.4. The van der Waals surface area contributed by atoms with Crippen LogP contribution in [-0.2, 0) is 18.9 Å². The highest BCUT2D eigenvalue weighted by Gasteiger charge is 2.23. The minimum absolute atomic E-state index is 0.177. The molecular formula is C18H20FN5O3. The fourth-order valence-electron chi connectivity index (χ4n) is 2.95. The monoisotopic (exact) mass is 373 g/mol. The fourth-order valence-corrected chi connectivity index (χ4v) is 2.95. The van der Waals surface area contributed by atoms with Gasteiger partial charge in [-0.05, 0) is 31.5 Å². The topological polar surface area (TPSA) is 90.9 Å². The molecule has 0 spiro atoms. The molecule has 8 nitrogen and oxygen atoms in total. The van der Waals surface area contributed by atoms with Crippen LogP contribution in [0.4, 0.5) is 4.39 Å². The molecule has 0 aliphatic carbocycles. The molecule has 3 aromatic rings. The van der Waals surface area contributed by atoms with E-state index in [2.05, 4.69) is 10.3 Å². The van der Waals surface area contributed by atoms with Gasteiger partial charge in [-0.15, -0.1) is 0 Å². The molecule has 0 saturated heterocycles. The van der Waals surface area contributed by atoms with Crippen molar-refractivity contribution in [2.45, 2.75) is 25.9 Å². The molecule has 1 amide bonds. The molecule has 2 heterocycles. The summed E-state index contributed by atoms with van der Waals surface area (Å²) in [5.41, 5.74) is 0.147. The van der Waals surface area contributed by atoms with E-state index in [1.807, 2.05) is 0 Å². The van der Waals surface area contributed by atoms with E-state index in [1.165, 1.54) is 41.7 Å². The minimum Gasteiger partial charge on any atom is -0.348 e. The van der Waals surface area contributed by atoms with Crippen molar-refractivity contribution in [2.24, 2.45) is 14.1 Å². The van der Waals surface area contributed by atoms with Crippen LogP contribution >= 0.6 is 0 Å². The van der Waals surface area contributed by atoms with Crippen molar-refractivity contribution in [3.8, 4) is 0 Å². The molecule has 142 valence electrons. The Hall–Kier alpha value is -3.23. The lowest BCUT2D eigenvalue weighted by molar-refractivity contribution is -0.124. The maximum atomic E-state index is 13.1. The summed E-state index contributed by atoms with van der Waals surface area (Å²) < 4.78 is 16.7. The predicted molar refractivity (Wildman–Crippen MR) is 97.9 cm³/mol. The molecular weight excluding hydrogens is 353 g/mol. The van der Waals surface area contributed by atoms with Gasteiger partial charge in [0.1, 0.15) is 11.9 Å².